The van der Waals surface area contributed by atoms with Crippen LogP contribution in [0.25, 0.3) is 0 Å². The SMILES string of the molecule is C[C@](CO)(NC(=O)NCc1ccc(Br)s1)C1CC1. The summed E-state index contributed by atoms with van der Waals surface area (Å²) in [5.41, 5.74) is -0.486. The quantitative estimate of drug-likeness (QED) is 0.775. The Hall–Kier alpha value is -0.590. The van der Waals surface area contributed by atoms with E-state index in [1.54, 1.807) is 11.3 Å². The van der Waals surface area contributed by atoms with Crippen molar-refractivity contribution in [2.45, 2.75) is 31.8 Å². The topological polar surface area (TPSA) is 61.4 Å². The fourth-order valence-corrected chi connectivity index (χ4v) is 3.33. The highest BCUT2D eigenvalue weighted by atomic mass is 79.9. The van der Waals surface area contributed by atoms with Crippen LogP contribution in [0.2, 0.25) is 0 Å². The van der Waals surface area contributed by atoms with Gasteiger partial charge in [-0.1, -0.05) is 0 Å². The molecule has 0 aromatic carbocycles. The molecule has 1 aliphatic carbocycles. The smallest absolute Gasteiger partial charge is 0.315 e. The van der Waals surface area contributed by atoms with Crippen LogP contribution in [-0.4, -0.2) is 23.3 Å². The number of nitrogens with one attached hydrogen (secondary N) is 2. The van der Waals surface area contributed by atoms with Crippen molar-refractivity contribution in [2.24, 2.45) is 5.92 Å². The molecule has 1 saturated carbocycles. The zero-order valence-corrected chi connectivity index (χ0v) is 12.6. The number of rotatable bonds is 5. The van der Waals surface area contributed by atoms with Crippen molar-refractivity contribution in [1.29, 1.82) is 0 Å². The molecular formula is C12H17BrN2O2S. The summed E-state index contributed by atoms with van der Waals surface area (Å²) in [5.74, 6) is 0.407. The number of carbonyl (C=O) groups excluding carboxylic acids is 1. The largest absolute Gasteiger partial charge is 0.394 e. The van der Waals surface area contributed by atoms with E-state index in [1.165, 1.54) is 0 Å². The molecule has 1 atom stereocenters. The maximum atomic E-state index is 11.8. The molecule has 0 radical (unpaired) electrons. The van der Waals surface area contributed by atoms with E-state index < -0.39 is 5.54 Å². The minimum atomic E-state index is -0.486. The van der Waals surface area contributed by atoms with Crippen molar-refractivity contribution in [2.75, 3.05) is 6.61 Å². The van der Waals surface area contributed by atoms with Crippen LogP contribution >= 0.6 is 27.3 Å². The third-order valence-corrected chi connectivity index (χ3v) is 4.88. The van der Waals surface area contributed by atoms with E-state index in [-0.39, 0.29) is 12.6 Å². The van der Waals surface area contributed by atoms with Crippen molar-refractivity contribution in [3.05, 3.63) is 20.8 Å². The number of aliphatic hydroxyl groups excluding tert-OH is 1. The molecule has 1 aliphatic rings. The van der Waals surface area contributed by atoms with Gasteiger partial charge in [0.25, 0.3) is 0 Å². The Kier molecular flexibility index (Phi) is 4.29. The number of halogens is 1. The Morgan fingerprint density at radius 1 is 1.61 bits per heavy atom. The van der Waals surface area contributed by atoms with Gasteiger partial charge in [0.05, 0.1) is 22.5 Å². The van der Waals surface area contributed by atoms with Gasteiger partial charge in [-0.25, -0.2) is 4.79 Å². The highest BCUT2D eigenvalue weighted by Gasteiger charge is 2.42. The van der Waals surface area contributed by atoms with E-state index >= 15 is 0 Å². The molecule has 18 heavy (non-hydrogen) atoms. The lowest BCUT2D eigenvalue weighted by Crippen LogP contribution is -2.53. The first kappa shape index (κ1) is 13.8. The van der Waals surface area contributed by atoms with Crippen molar-refractivity contribution in [1.82, 2.24) is 10.6 Å². The first-order chi connectivity index (χ1) is 8.53. The number of carbonyl (C=O) groups is 1. The first-order valence-corrected chi connectivity index (χ1v) is 7.55. The average Bonchev–Trinajstić information content (AvgIpc) is 3.11. The minimum absolute atomic E-state index is 0.0182. The lowest BCUT2D eigenvalue weighted by atomic mass is 9.97. The number of amides is 2. The molecule has 2 rings (SSSR count). The van der Waals surface area contributed by atoms with E-state index in [1.807, 2.05) is 19.1 Å². The molecule has 3 N–H and O–H groups in total. The zero-order chi connectivity index (χ0) is 13.2. The van der Waals surface area contributed by atoms with Gasteiger partial charge in [0.1, 0.15) is 0 Å². The summed E-state index contributed by atoms with van der Waals surface area (Å²) in [6.07, 6.45) is 2.16. The molecule has 0 aliphatic heterocycles. The molecule has 0 spiro atoms. The molecule has 2 amide bonds. The fourth-order valence-electron chi connectivity index (χ4n) is 1.91. The van der Waals surface area contributed by atoms with E-state index in [2.05, 4.69) is 26.6 Å². The highest BCUT2D eigenvalue weighted by Crippen LogP contribution is 2.39. The van der Waals surface area contributed by atoms with Gasteiger partial charge in [-0.05, 0) is 53.7 Å². The van der Waals surface area contributed by atoms with E-state index in [9.17, 15) is 9.90 Å². The van der Waals surface area contributed by atoms with Crippen molar-refractivity contribution in [3.63, 3.8) is 0 Å². The number of hydrogen-bond donors (Lipinski definition) is 3. The van der Waals surface area contributed by atoms with Gasteiger partial charge >= 0.3 is 6.03 Å². The highest BCUT2D eigenvalue weighted by molar-refractivity contribution is 9.11. The van der Waals surface area contributed by atoms with Crippen LogP contribution < -0.4 is 10.6 Å². The third-order valence-electron chi connectivity index (χ3n) is 3.26. The predicted molar refractivity (Wildman–Crippen MR) is 75.6 cm³/mol. The van der Waals surface area contributed by atoms with Crippen LogP contribution in [0.3, 0.4) is 0 Å². The standard InChI is InChI=1S/C12H17BrN2O2S/c1-12(7-16,8-2-3-8)15-11(17)14-6-9-4-5-10(13)18-9/h4-5,8,16H,2-3,6-7H2,1H3,(H2,14,15,17)/t12-/m1/s1. The summed E-state index contributed by atoms with van der Waals surface area (Å²) in [6.45, 7) is 2.38. The molecule has 1 fully saturated rings. The lowest BCUT2D eigenvalue weighted by molar-refractivity contribution is 0.155. The maximum absolute atomic E-state index is 11.8. The molecule has 1 aromatic rings. The first-order valence-electron chi connectivity index (χ1n) is 5.94. The van der Waals surface area contributed by atoms with Crippen LogP contribution in [0.5, 0.6) is 0 Å². The maximum Gasteiger partial charge on any atom is 0.315 e. The fraction of sp³-hybridized carbons (Fsp3) is 0.583. The third kappa shape index (κ3) is 3.46. The molecular weight excluding hydrogens is 316 g/mol. The van der Waals surface area contributed by atoms with Crippen molar-refractivity contribution in [3.8, 4) is 0 Å². The minimum Gasteiger partial charge on any atom is -0.394 e. The molecule has 0 bridgehead atoms. The van der Waals surface area contributed by atoms with Crippen LogP contribution in [0.4, 0.5) is 4.79 Å². The Bertz CT molecular complexity index is 433. The van der Waals surface area contributed by atoms with Gasteiger partial charge in [-0.15, -0.1) is 11.3 Å². The van der Waals surface area contributed by atoms with Gasteiger partial charge in [0.15, 0.2) is 0 Å². The summed E-state index contributed by atoms with van der Waals surface area (Å²) >= 11 is 4.98. The number of urea groups is 1. The molecule has 6 heteroatoms. The monoisotopic (exact) mass is 332 g/mol. The number of aliphatic hydroxyl groups is 1. The van der Waals surface area contributed by atoms with Gasteiger partial charge in [0.2, 0.25) is 0 Å². The molecule has 1 heterocycles. The normalized spacial score (nSPS) is 18.2. The summed E-state index contributed by atoms with van der Waals surface area (Å²) in [5, 5.41) is 15.1. The van der Waals surface area contributed by atoms with Gasteiger partial charge < -0.3 is 15.7 Å². The second-order valence-corrected chi connectivity index (χ2v) is 7.41. The second kappa shape index (κ2) is 5.59. The van der Waals surface area contributed by atoms with Gasteiger partial charge in [-0.3, -0.25) is 0 Å². The number of hydrogen-bond acceptors (Lipinski definition) is 3. The van der Waals surface area contributed by atoms with Gasteiger partial charge in [0, 0.05) is 4.88 Å². The summed E-state index contributed by atoms with van der Waals surface area (Å²) in [6, 6.07) is 3.71. The summed E-state index contributed by atoms with van der Waals surface area (Å²) < 4.78 is 1.05. The van der Waals surface area contributed by atoms with Crippen LogP contribution in [0, 0.1) is 5.92 Å². The molecule has 0 saturated heterocycles. The molecule has 0 unspecified atom stereocenters. The van der Waals surface area contributed by atoms with E-state index in [0.717, 1.165) is 21.5 Å². The molecule has 100 valence electrons. The number of thiophene rings is 1. The van der Waals surface area contributed by atoms with Crippen LogP contribution in [0.15, 0.2) is 15.9 Å². The Morgan fingerprint density at radius 2 is 2.33 bits per heavy atom. The van der Waals surface area contributed by atoms with E-state index in [0.29, 0.717) is 12.5 Å². The van der Waals surface area contributed by atoms with Crippen LogP contribution in [0.1, 0.15) is 24.6 Å². The van der Waals surface area contributed by atoms with Crippen LogP contribution in [-0.2, 0) is 6.54 Å². The molecule has 4 nitrogen and oxygen atoms in total. The zero-order valence-electron chi connectivity index (χ0n) is 10.2. The summed E-state index contributed by atoms with van der Waals surface area (Å²) in [4.78, 5) is 12.9. The van der Waals surface area contributed by atoms with Gasteiger partial charge in [-0.2, -0.15) is 0 Å². The Balaban J connectivity index is 1.81. The lowest BCUT2D eigenvalue weighted by Gasteiger charge is -2.28. The van der Waals surface area contributed by atoms with Crippen molar-refractivity contribution >= 4 is 33.3 Å². The second-order valence-electron chi connectivity index (χ2n) is 4.86. The van der Waals surface area contributed by atoms with Crippen molar-refractivity contribution < 1.29 is 9.90 Å². The summed E-state index contributed by atoms with van der Waals surface area (Å²) in [7, 11) is 0. The average molecular weight is 333 g/mol. The molecule has 1 aromatic heterocycles. The van der Waals surface area contributed by atoms with E-state index in [4.69, 9.17) is 0 Å². The predicted octanol–water partition coefficient (Wildman–Crippen LogP) is 2.47. The Labute approximate surface area is 119 Å². The Morgan fingerprint density at radius 3 is 2.83 bits per heavy atom.